The van der Waals surface area contributed by atoms with Gasteiger partial charge in [0.2, 0.25) is 0 Å². The van der Waals surface area contributed by atoms with Gasteiger partial charge in [0.15, 0.2) is 0 Å². The van der Waals surface area contributed by atoms with Gasteiger partial charge in [0.05, 0.1) is 0 Å². The van der Waals surface area contributed by atoms with Gasteiger partial charge in [-0.15, -0.1) is 0 Å². The molecule has 0 saturated carbocycles. The number of hydrogen-bond donors (Lipinski definition) is 1. The minimum absolute atomic E-state index is 0.588. The lowest BCUT2D eigenvalue weighted by molar-refractivity contribution is 1.07. The second-order valence-corrected chi connectivity index (χ2v) is 4.70. The molecule has 0 aliphatic heterocycles. The Morgan fingerprint density at radius 3 is 2.00 bits per heavy atom. The first-order valence-corrected chi connectivity index (χ1v) is 6.42. The second-order valence-electron chi connectivity index (χ2n) is 4.70. The molecule has 19 heavy (non-hydrogen) atoms. The third-order valence-electron chi connectivity index (χ3n) is 2.99. The van der Waals surface area contributed by atoms with Crippen molar-refractivity contribution in [3.63, 3.8) is 0 Å². The molecule has 0 aromatic heterocycles. The summed E-state index contributed by atoms with van der Waals surface area (Å²) in [6.07, 6.45) is 4.09. The van der Waals surface area contributed by atoms with Crippen LogP contribution in [0.3, 0.4) is 0 Å². The summed E-state index contributed by atoms with van der Waals surface area (Å²) in [6.45, 7) is 6.43. The highest BCUT2D eigenvalue weighted by molar-refractivity contribution is 5.66. The largest absolute Gasteiger partial charge is 0.326 e. The molecule has 0 atom stereocenters. The van der Waals surface area contributed by atoms with Crippen LogP contribution < -0.4 is 5.73 Å². The van der Waals surface area contributed by atoms with E-state index in [1.54, 1.807) is 0 Å². The molecule has 0 heterocycles. The highest BCUT2D eigenvalue weighted by atomic mass is 14.5. The number of hydrogen-bond acceptors (Lipinski definition) is 1. The lowest BCUT2D eigenvalue weighted by Crippen LogP contribution is -1.95. The number of rotatable bonds is 4. The van der Waals surface area contributed by atoms with E-state index in [-0.39, 0.29) is 0 Å². The molecule has 1 heteroatoms. The van der Waals surface area contributed by atoms with Crippen LogP contribution in [0.4, 0.5) is 0 Å². The van der Waals surface area contributed by atoms with Gasteiger partial charge in [-0.05, 0) is 29.2 Å². The van der Waals surface area contributed by atoms with E-state index in [9.17, 15) is 0 Å². The van der Waals surface area contributed by atoms with Gasteiger partial charge in [-0.3, -0.25) is 0 Å². The molecule has 0 unspecified atom stereocenters. The fraction of sp³-hybridized carbons (Fsp3) is 0.111. The average Bonchev–Trinajstić information content (AvgIpc) is 2.46. The lowest BCUT2D eigenvalue weighted by atomic mass is 10.0. The molecule has 0 amide bonds. The predicted molar refractivity (Wildman–Crippen MR) is 83.6 cm³/mol. The summed E-state index contributed by atoms with van der Waals surface area (Å²) in [7, 11) is 0. The Balaban J connectivity index is 2.19. The first-order chi connectivity index (χ1) is 9.19. The molecule has 0 spiro atoms. The summed E-state index contributed by atoms with van der Waals surface area (Å²) in [5, 5.41) is 0. The summed E-state index contributed by atoms with van der Waals surface area (Å²) < 4.78 is 0. The highest BCUT2D eigenvalue weighted by Crippen LogP contribution is 2.20. The standard InChI is InChI=1S/C18H19N/c1-14(2)3-4-15-5-9-17(10-6-15)18-11-7-16(13-19)8-12-18/h3-12H,1,13,19H2,2H3/b4-3+. The summed E-state index contributed by atoms with van der Waals surface area (Å²) >= 11 is 0. The van der Waals surface area contributed by atoms with Gasteiger partial charge in [0.25, 0.3) is 0 Å². The summed E-state index contributed by atoms with van der Waals surface area (Å²) in [5.41, 5.74) is 11.4. The molecule has 0 saturated heterocycles. The van der Waals surface area contributed by atoms with Crippen LogP contribution in [-0.2, 0) is 6.54 Å². The minimum Gasteiger partial charge on any atom is -0.326 e. The van der Waals surface area contributed by atoms with E-state index in [4.69, 9.17) is 5.73 Å². The Bertz CT molecular complexity index is 574. The third-order valence-corrected chi connectivity index (χ3v) is 2.99. The maximum atomic E-state index is 5.60. The first-order valence-electron chi connectivity index (χ1n) is 6.42. The topological polar surface area (TPSA) is 26.0 Å². The SMILES string of the molecule is C=C(C)/C=C/c1ccc(-c2ccc(CN)cc2)cc1. The maximum absolute atomic E-state index is 5.60. The number of nitrogens with two attached hydrogens (primary N) is 1. The van der Waals surface area contributed by atoms with Crippen LogP contribution in [0.5, 0.6) is 0 Å². The zero-order valence-electron chi connectivity index (χ0n) is 11.3. The van der Waals surface area contributed by atoms with Crippen LogP contribution in [-0.4, -0.2) is 0 Å². The summed E-state index contributed by atoms with van der Waals surface area (Å²) in [6, 6.07) is 16.9. The van der Waals surface area contributed by atoms with E-state index in [1.165, 1.54) is 16.7 Å². The van der Waals surface area contributed by atoms with Gasteiger partial charge < -0.3 is 5.73 Å². The highest BCUT2D eigenvalue weighted by Gasteiger charge is 1.97. The van der Waals surface area contributed by atoms with E-state index in [0.29, 0.717) is 6.54 Å². The molecule has 2 N–H and O–H groups in total. The molecular formula is C18H19N. The van der Waals surface area contributed by atoms with Crippen molar-refractivity contribution in [2.45, 2.75) is 13.5 Å². The van der Waals surface area contributed by atoms with Gasteiger partial charge in [-0.25, -0.2) is 0 Å². The Morgan fingerprint density at radius 2 is 1.53 bits per heavy atom. The van der Waals surface area contributed by atoms with Crippen molar-refractivity contribution in [3.8, 4) is 11.1 Å². The van der Waals surface area contributed by atoms with Crippen molar-refractivity contribution in [1.82, 2.24) is 0 Å². The first kappa shape index (κ1) is 13.3. The molecule has 1 nitrogen and oxygen atoms in total. The van der Waals surface area contributed by atoms with Crippen molar-refractivity contribution in [2.75, 3.05) is 0 Å². The van der Waals surface area contributed by atoms with Crippen molar-refractivity contribution < 1.29 is 0 Å². The molecule has 96 valence electrons. The smallest absolute Gasteiger partial charge is 0.0178 e. The van der Waals surface area contributed by atoms with E-state index in [2.05, 4.69) is 61.2 Å². The van der Waals surface area contributed by atoms with Gasteiger partial charge in [0.1, 0.15) is 0 Å². The molecule has 2 rings (SSSR count). The van der Waals surface area contributed by atoms with Gasteiger partial charge in [-0.2, -0.15) is 0 Å². The van der Waals surface area contributed by atoms with Crippen LogP contribution in [0, 0.1) is 0 Å². The molecule has 2 aromatic carbocycles. The maximum Gasteiger partial charge on any atom is 0.0178 e. The normalized spacial score (nSPS) is 10.8. The minimum atomic E-state index is 0.588. The number of allylic oxidation sites excluding steroid dienone is 2. The summed E-state index contributed by atoms with van der Waals surface area (Å²) in [4.78, 5) is 0. The fourth-order valence-electron chi connectivity index (χ4n) is 1.86. The Morgan fingerprint density at radius 1 is 1.00 bits per heavy atom. The fourth-order valence-corrected chi connectivity index (χ4v) is 1.86. The predicted octanol–water partition coefficient (Wildman–Crippen LogP) is 4.40. The van der Waals surface area contributed by atoms with Gasteiger partial charge >= 0.3 is 0 Å². The molecule has 0 aliphatic rings. The van der Waals surface area contributed by atoms with E-state index in [1.807, 2.05) is 13.0 Å². The van der Waals surface area contributed by atoms with E-state index in [0.717, 1.165) is 11.1 Å². The lowest BCUT2D eigenvalue weighted by Gasteiger charge is -2.04. The molecular weight excluding hydrogens is 230 g/mol. The summed E-state index contributed by atoms with van der Waals surface area (Å²) in [5.74, 6) is 0. The van der Waals surface area contributed by atoms with Crippen LogP contribution in [0.2, 0.25) is 0 Å². The average molecular weight is 249 g/mol. The Kier molecular flexibility index (Phi) is 4.32. The third kappa shape index (κ3) is 3.67. The molecule has 0 aliphatic carbocycles. The molecule has 0 bridgehead atoms. The van der Waals surface area contributed by atoms with Crippen molar-refractivity contribution in [2.24, 2.45) is 5.73 Å². The van der Waals surface area contributed by atoms with Crippen LogP contribution >= 0.6 is 0 Å². The molecule has 0 radical (unpaired) electrons. The van der Waals surface area contributed by atoms with Gasteiger partial charge in [-0.1, -0.05) is 72.8 Å². The van der Waals surface area contributed by atoms with E-state index >= 15 is 0 Å². The van der Waals surface area contributed by atoms with Crippen LogP contribution in [0.1, 0.15) is 18.1 Å². The van der Waals surface area contributed by atoms with Crippen molar-refractivity contribution >= 4 is 6.08 Å². The van der Waals surface area contributed by atoms with Crippen molar-refractivity contribution in [3.05, 3.63) is 77.9 Å². The monoisotopic (exact) mass is 249 g/mol. The molecule has 0 fully saturated rings. The zero-order valence-corrected chi connectivity index (χ0v) is 11.3. The Hall–Kier alpha value is -2.12. The number of benzene rings is 2. The molecule has 2 aromatic rings. The van der Waals surface area contributed by atoms with Crippen LogP contribution in [0.15, 0.2) is 66.8 Å². The second kappa shape index (κ2) is 6.17. The van der Waals surface area contributed by atoms with Crippen molar-refractivity contribution in [1.29, 1.82) is 0 Å². The zero-order chi connectivity index (χ0) is 13.7. The van der Waals surface area contributed by atoms with Crippen LogP contribution in [0.25, 0.3) is 17.2 Å². The quantitative estimate of drug-likeness (QED) is 0.798. The van der Waals surface area contributed by atoms with E-state index < -0.39 is 0 Å². The Labute approximate surface area is 115 Å². The van der Waals surface area contributed by atoms with Gasteiger partial charge in [0, 0.05) is 6.54 Å².